The fourth-order valence-corrected chi connectivity index (χ4v) is 2.40. The van der Waals surface area contributed by atoms with Crippen LogP contribution in [0, 0.1) is 17.2 Å². The van der Waals surface area contributed by atoms with Crippen molar-refractivity contribution in [2.75, 3.05) is 20.1 Å². The van der Waals surface area contributed by atoms with Gasteiger partial charge in [0.1, 0.15) is 11.9 Å². The Balaban J connectivity index is 0.00000576. The zero-order valence-electron chi connectivity index (χ0n) is 15.5. The second-order valence-corrected chi connectivity index (χ2v) is 7.24. The standard InChI is InChI=1S/C18H28FN3O2.ClH/c1-12(2)15(17(24)22(5)11-18(3,4)10-20)21-16(23)13-8-6-7-9-14(13)19;/h6-9,12,15H,10-11,20H2,1-5H3,(H,21,23);1H. The summed E-state index contributed by atoms with van der Waals surface area (Å²) in [6.45, 7) is 8.54. The Labute approximate surface area is 155 Å². The molecule has 7 heteroatoms. The number of halogens is 2. The third-order valence-electron chi connectivity index (χ3n) is 3.93. The minimum atomic E-state index is -0.726. The third kappa shape index (κ3) is 6.63. The van der Waals surface area contributed by atoms with E-state index in [0.29, 0.717) is 13.1 Å². The van der Waals surface area contributed by atoms with Crippen LogP contribution in [0.15, 0.2) is 24.3 Å². The highest BCUT2D eigenvalue weighted by molar-refractivity contribution is 5.97. The predicted octanol–water partition coefficient (Wildman–Crippen LogP) is 2.45. The lowest BCUT2D eigenvalue weighted by molar-refractivity contribution is -0.134. The Bertz CT molecular complexity index is 593. The Morgan fingerprint density at radius 3 is 2.32 bits per heavy atom. The van der Waals surface area contributed by atoms with Crippen molar-refractivity contribution >= 4 is 24.2 Å². The smallest absolute Gasteiger partial charge is 0.254 e. The van der Waals surface area contributed by atoms with E-state index in [0.717, 1.165) is 0 Å². The van der Waals surface area contributed by atoms with Crippen LogP contribution in [0.4, 0.5) is 4.39 Å². The molecular formula is C18H29ClFN3O2. The number of carbonyl (C=O) groups is 2. The van der Waals surface area contributed by atoms with Gasteiger partial charge < -0.3 is 16.0 Å². The molecule has 0 aliphatic heterocycles. The molecule has 1 unspecified atom stereocenters. The molecule has 5 nitrogen and oxygen atoms in total. The van der Waals surface area contributed by atoms with Crippen LogP contribution >= 0.6 is 12.4 Å². The van der Waals surface area contributed by atoms with Gasteiger partial charge in [0.2, 0.25) is 5.91 Å². The molecule has 1 atom stereocenters. The normalized spacial score (nSPS) is 12.3. The summed E-state index contributed by atoms with van der Waals surface area (Å²) in [5, 5.41) is 2.66. The molecule has 3 N–H and O–H groups in total. The van der Waals surface area contributed by atoms with Gasteiger partial charge in [-0.1, -0.05) is 39.8 Å². The molecule has 25 heavy (non-hydrogen) atoms. The molecule has 0 saturated carbocycles. The van der Waals surface area contributed by atoms with Crippen LogP contribution in [0.2, 0.25) is 0 Å². The van der Waals surface area contributed by atoms with E-state index in [2.05, 4.69) is 5.32 Å². The number of hydrogen-bond acceptors (Lipinski definition) is 3. The third-order valence-corrected chi connectivity index (χ3v) is 3.93. The summed E-state index contributed by atoms with van der Waals surface area (Å²) in [7, 11) is 1.68. The van der Waals surface area contributed by atoms with E-state index in [9.17, 15) is 14.0 Å². The van der Waals surface area contributed by atoms with Gasteiger partial charge >= 0.3 is 0 Å². The first-order chi connectivity index (χ1) is 11.1. The number of amides is 2. The molecule has 1 rings (SSSR count). The fraction of sp³-hybridized carbons (Fsp3) is 0.556. The number of benzene rings is 1. The van der Waals surface area contributed by atoms with Gasteiger partial charge in [-0.3, -0.25) is 9.59 Å². The monoisotopic (exact) mass is 373 g/mol. The van der Waals surface area contributed by atoms with Gasteiger partial charge in [0.25, 0.3) is 5.91 Å². The zero-order valence-corrected chi connectivity index (χ0v) is 16.3. The molecular weight excluding hydrogens is 345 g/mol. The lowest BCUT2D eigenvalue weighted by atomic mass is 9.92. The summed E-state index contributed by atoms with van der Waals surface area (Å²) < 4.78 is 13.7. The van der Waals surface area contributed by atoms with E-state index >= 15 is 0 Å². The van der Waals surface area contributed by atoms with E-state index in [1.165, 1.54) is 18.2 Å². The van der Waals surface area contributed by atoms with Crippen molar-refractivity contribution in [3.8, 4) is 0 Å². The molecule has 1 aromatic carbocycles. The summed E-state index contributed by atoms with van der Waals surface area (Å²) in [5.41, 5.74) is 5.43. The van der Waals surface area contributed by atoms with E-state index < -0.39 is 17.8 Å². The number of nitrogens with two attached hydrogens (primary N) is 1. The van der Waals surface area contributed by atoms with E-state index in [4.69, 9.17) is 5.73 Å². The highest BCUT2D eigenvalue weighted by Gasteiger charge is 2.30. The second-order valence-electron chi connectivity index (χ2n) is 7.24. The van der Waals surface area contributed by atoms with Crippen LogP contribution < -0.4 is 11.1 Å². The van der Waals surface area contributed by atoms with Gasteiger partial charge in [0.05, 0.1) is 5.56 Å². The largest absolute Gasteiger partial charge is 0.343 e. The van der Waals surface area contributed by atoms with Crippen molar-refractivity contribution in [3.63, 3.8) is 0 Å². The molecule has 0 spiro atoms. The SMILES string of the molecule is CC(C)C(NC(=O)c1ccccc1F)C(=O)N(C)CC(C)(C)CN.Cl. The van der Waals surface area contributed by atoms with E-state index in [-0.39, 0.29) is 35.2 Å². The molecule has 0 bridgehead atoms. The molecule has 0 heterocycles. The number of hydrogen-bond donors (Lipinski definition) is 2. The molecule has 2 amide bonds. The average Bonchev–Trinajstić information content (AvgIpc) is 2.51. The number of nitrogens with zero attached hydrogens (tertiary/aromatic N) is 1. The first-order valence-electron chi connectivity index (χ1n) is 8.09. The predicted molar refractivity (Wildman–Crippen MR) is 100 cm³/mol. The lowest BCUT2D eigenvalue weighted by Gasteiger charge is -2.32. The average molecular weight is 374 g/mol. The maximum atomic E-state index is 13.7. The Hall–Kier alpha value is -1.66. The van der Waals surface area contributed by atoms with Crippen LogP contribution in [0.1, 0.15) is 38.1 Å². The second kappa shape index (κ2) is 9.73. The highest BCUT2D eigenvalue weighted by atomic mass is 35.5. The van der Waals surface area contributed by atoms with Crippen molar-refractivity contribution in [3.05, 3.63) is 35.6 Å². The molecule has 0 aromatic heterocycles. The minimum absolute atomic E-state index is 0. The van der Waals surface area contributed by atoms with Crippen LogP contribution in [-0.2, 0) is 4.79 Å². The van der Waals surface area contributed by atoms with Crippen LogP contribution in [0.25, 0.3) is 0 Å². The van der Waals surface area contributed by atoms with Gasteiger partial charge in [-0.25, -0.2) is 4.39 Å². The van der Waals surface area contributed by atoms with Crippen LogP contribution in [0.3, 0.4) is 0 Å². The molecule has 0 aliphatic carbocycles. The number of rotatable bonds is 7. The van der Waals surface area contributed by atoms with Gasteiger partial charge in [0.15, 0.2) is 0 Å². The first kappa shape index (κ1) is 23.3. The van der Waals surface area contributed by atoms with E-state index in [1.54, 1.807) is 18.0 Å². The van der Waals surface area contributed by atoms with E-state index in [1.807, 2.05) is 27.7 Å². The van der Waals surface area contributed by atoms with Crippen molar-refractivity contribution in [2.45, 2.75) is 33.7 Å². The Morgan fingerprint density at radius 1 is 1.28 bits per heavy atom. The highest BCUT2D eigenvalue weighted by Crippen LogP contribution is 2.16. The minimum Gasteiger partial charge on any atom is -0.343 e. The zero-order chi connectivity index (χ0) is 18.5. The summed E-state index contributed by atoms with van der Waals surface area (Å²) in [4.78, 5) is 26.6. The Morgan fingerprint density at radius 2 is 1.84 bits per heavy atom. The van der Waals surface area contributed by atoms with Crippen molar-refractivity contribution in [2.24, 2.45) is 17.1 Å². The number of carbonyl (C=O) groups excluding carboxylic acids is 2. The van der Waals surface area contributed by atoms with Gasteiger partial charge in [-0.15, -0.1) is 12.4 Å². The number of nitrogens with one attached hydrogen (secondary N) is 1. The van der Waals surface area contributed by atoms with Crippen molar-refractivity contribution < 1.29 is 14.0 Å². The molecule has 0 radical (unpaired) electrons. The van der Waals surface area contributed by atoms with Crippen molar-refractivity contribution in [1.82, 2.24) is 10.2 Å². The summed E-state index contributed by atoms with van der Waals surface area (Å²) in [6.07, 6.45) is 0. The molecule has 142 valence electrons. The summed E-state index contributed by atoms with van der Waals surface area (Å²) in [6, 6.07) is 4.99. The topological polar surface area (TPSA) is 75.4 Å². The van der Waals surface area contributed by atoms with Crippen LogP contribution in [0.5, 0.6) is 0 Å². The Kier molecular flexibility index (Phi) is 9.08. The van der Waals surface area contributed by atoms with Crippen molar-refractivity contribution in [1.29, 1.82) is 0 Å². The summed E-state index contributed by atoms with van der Waals surface area (Å²) in [5.74, 6) is -1.54. The fourth-order valence-electron chi connectivity index (χ4n) is 2.40. The maximum Gasteiger partial charge on any atom is 0.254 e. The van der Waals surface area contributed by atoms with Gasteiger partial charge in [0, 0.05) is 13.6 Å². The van der Waals surface area contributed by atoms with Gasteiger partial charge in [-0.2, -0.15) is 0 Å². The lowest BCUT2D eigenvalue weighted by Crippen LogP contribution is -2.52. The first-order valence-corrected chi connectivity index (χ1v) is 8.09. The molecule has 0 saturated heterocycles. The maximum absolute atomic E-state index is 13.7. The molecule has 0 fully saturated rings. The number of likely N-dealkylation sites (N-methyl/N-ethyl adjacent to an activating group) is 1. The molecule has 1 aromatic rings. The quantitative estimate of drug-likeness (QED) is 0.770. The van der Waals surface area contributed by atoms with Gasteiger partial charge in [-0.05, 0) is 30.0 Å². The van der Waals surface area contributed by atoms with Crippen LogP contribution in [-0.4, -0.2) is 42.9 Å². The molecule has 0 aliphatic rings. The summed E-state index contributed by atoms with van der Waals surface area (Å²) >= 11 is 0.